The first-order valence-corrected chi connectivity index (χ1v) is 25.6. The third-order valence-corrected chi connectivity index (χ3v) is 11.7. The molecule has 0 aromatic carbocycles. The summed E-state index contributed by atoms with van der Waals surface area (Å²) in [7, 11) is 0. The summed E-state index contributed by atoms with van der Waals surface area (Å²) >= 11 is 0. The van der Waals surface area contributed by atoms with Crippen LogP contribution in [0.15, 0.2) is 24.3 Å². The van der Waals surface area contributed by atoms with E-state index in [2.05, 4.69) is 31.3 Å². The van der Waals surface area contributed by atoms with Crippen molar-refractivity contribution in [2.24, 2.45) is 0 Å². The van der Waals surface area contributed by atoms with Gasteiger partial charge in [0, 0.05) is 12.8 Å². The third kappa shape index (κ3) is 43.9. The van der Waals surface area contributed by atoms with E-state index in [9.17, 15) is 19.8 Å². The standard InChI is InChI=1S/C52H99NO5/c1-3-5-7-9-11-13-15-17-19-20-22-24-26-30-34-38-42-46-52(57)58-47-43-39-35-31-27-29-33-37-41-45-51(56)53-49(48-54)50(55)44-40-36-32-28-25-23-21-18-16-14-12-10-8-6-4-2/h17,19,40,44,49-50,54-55H,3-16,18,20-39,41-43,45-48H2,1-2H3,(H,53,56)/b19-17-,44-40+. The fraction of sp³-hybridized carbons (Fsp3) is 0.885. The molecule has 0 rings (SSSR count). The summed E-state index contributed by atoms with van der Waals surface area (Å²) in [6.45, 7) is 4.83. The second-order valence-electron chi connectivity index (χ2n) is 17.5. The highest BCUT2D eigenvalue weighted by Crippen LogP contribution is 2.15. The maximum Gasteiger partial charge on any atom is 0.305 e. The fourth-order valence-corrected chi connectivity index (χ4v) is 7.74. The third-order valence-electron chi connectivity index (χ3n) is 11.7. The van der Waals surface area contributed by atoms with E-state index in [1.165, 1.54) is 186 Å². The van der Waals surface area contributed by atoms with E-state index >= 15 is 0 Å². The molecule has 0 aliphatic heterocycles. The molecule has 0 heterocycles. The van der Waals surface area contributed by atoms with Crippen molar-refractivity contribution in [3.05, 3.63) is 24.3 Å². The minimum Gasteiger partial charge on any atom is -0.466 e. The van der Waals surface area contributed by atoms with E-state index in [0.29, 0.717) is 19.4 Å². The first-order chi connectivity index (χ1) is 28.5. The number of esters is 1. The molecule has 342 valence electrons. The Kier molecular flexibility index (Phi) is 46.6. The van der Waals surface area contributed by atoms with Crippen molar-refractivity contribution in [3.8, 4) is 0 Å². The quantitative estimate of drug-likeness (QED) is 0.0323. The Morgan fingerprint density at radius 1 is 0.466 bits per heavy atom. The van der Waals surface area contributed by atoms with Crippen LogP contribution in [0.1, 0.15) is 271 Å². The van der Waals surface area contributed by atoms with Crippen molar-refractivity contribution >= 4 is 11.9 Å². The summed E-state index contributed by atoms with van der Waals surface area (Å²) in [4.78, 5) is 24.5. The zero-order chi connectivity index (χ0) is 42.3. The van der Waals surface area contributed by atoms with Crippen LogP contribution in [-0.4, -0.2) is 47.4 Å². The molecule has 0 bridgehead atoms. The van der Waals surface area contributed by atoms with E-state index in [4.69, 9.17) is 4.74 Å². The number of amides is 1. The van der Waals surface area contributed by atoms with Gasteiger partial charge in [-0.25, -0.2) is 0 Å². The largest absolute Gasteiger partial charge is 0.466 e. The average Bonchev–Trinajstić information content (AvgIpc) is 3.22. The predicted molar refractivity (Wildman–Crippen MR) is 250 cm³/mol. The summed E-state index contributed by atoms with van der Waals surface area (Å²) in [5.74, 6) is -0.126. The van der Waals surface area contributed by atoms with Gasteiger partial charge in [0.25, 0.3) is 0 Å². The van der Waals surface area contributed by atoms with Crippen LogP contribution in [0, 0.1) is 0 Å². The van der Waals surface area contributed by atoms with Crippen molar-refractivity contribution in [1.82, 2.24) is 5.32 Å². The smallest absolute Gasteiger partial charge is 0.305 e. The summed E-state index contributed by atoms with van der Waals surface area (Å²) in [5.41, 5.74) is 0. The summed E-state index contributed by atoms with van der Waals surface area (Å²) < 4.78 is 5.45. The summed E-state index contributed by atoms with van der Waals surface area (Å²) in [6.07, 6.45) is 56.0. The van der Waals surface area contributed by atoms with Crippen molar-refractivity contribution in [3.63, 3.8) is 0 Å². The number of allylic oxidation sites excluding steroid dienone is 3. The highest BCUT2D eigenvalue weighted by molar-refractivity contribution is 5.76. The molecule has 6 heteroatoms. The van der Waals surface area contributed by atoms with Crippen LogP contribution in [0.25, 0.3) is 0 Å². The molecule has 0 saturated heterocycles. The Balaban J connectivity index is 3.52. The van der Waals surface area contributed by atoms with E-state index in [1.807, 2.05) is 6.08 Å². The van der Waals surface area contributed by atoms with Gasteiger partial charge in [-0.05, 0) is 57.8 Å². The molecular weight excluding hydrogens is 719 g/mol. The number of aliphatic hydroxyl groups excluding tert-OH is 2. The minimum absolute atomic E-state index is 0.0308. The maximum atomic E-state index is 12.4. The Morgan fingerprint density at radius 3 is 1.22 bits per heavy atom. The second-order valence-corrected chi connectivity index (χ2v) is 17.5. The second kappa shape index (κ2) is 48.0. The number of aliphatic hydroxyl groups is 2. The Bertz CT molecular complexity index is 904. The number of rotatable bonds is 47. The van der Waals surface area contributed by atoms with Crippen molar-refractivity contribution < 1.29 is 24.5 Å². The Morgan fingerprint density at radius 2 is 0.810 bits per heavy atom. The molecule has 0 fully saturated rings. The number of nitrogens with one attached hydrogen (secondary N) is 1. The Labute approximate surface area is 361 Å². The molecule has 2 atom stereocenters. The number of unbranched alkanes of at least 4 members (excludes halogenated alkanes) is 34. The highest BCUT2D eigenvalue weighted by atomic mass is 16.5. The SMILES string of the molecule is CCCCCCCC/C=C\CCCCCCCCCC(=O)OCCCCCCCCCCCC(=O)NC(CO)C(O)/C=C/CCCCCCCCCCCCCCC. The molecule has 0 saturated carbocycles. The lowest BCUT2D eigenvalue weighted by Crippen LogP contribution is -2.45. The lowest BCUT2D eigenvalue weighted by molar-refractivity contribution is -0.143. The molecule has 6 nitrogen and oxygen atoms in total. The van der Waals surface area contributed by atoms with Crippen LogP contribution in [-0.2, 0) is 14.3 Å². The highest BCUT2D eigenvalue weighted by Gasteiger charge is 2.18. The average molecular weight is 818 g/mol. The van der Waals surface area contributed by atoms with Crippen molar-refractivity contribution in [2.45, 2.75) is 283 Å². The zero-order valence-corrected chi connectivity index (χ0v) is 38.8. The molecule has 3 N–H and O–H groups in total. The molecule has 58 heavy (non-hydrogen) atoms. The van der Waals surface area contributed by atoms with Gasteiger partial charge in [0.2, 0.25) is 5.91 Å². The number of carbonyl (C=O) groups is 2. The van der Waals surface area contributed by atoms with E-state index < -0.39 is 12.1 Å². The van der Waals surface area contributed by atoms with Crippen LogP contribution in [0.4, 0.5) is 0 Å². The molecular formula is C52H99NO5. The molecule has 0 spiro atoms. The van der Waals surface area contributed by atoms with Gasteiger partial charge in [0.15, 0.2) is 0 Å². The van der Waals surface area contributed by atoms with Crippen LogP contribution in [0.2, 0.25) is 0 Å². The minimum atomic E-state index is -0.861. The van der Waals surface area contributed by atoms with E-state index in [0.717, 1.165) is 57.8 Å². The zero-order valence-electron chi connectivity index (χ0n) is 38.8. The fourth-order valence-electron chi connectivity index (χ4n) is 7.74. The van der Waals surface area contributed by atoms with Gasteiger partial charge in [0.1, 0.15) is 0 Å². The van der Waals surface area contributed by atoms with Crippen molar-refractivity contribution in [1.29, 1.82) is 0 Å². The molecule has 0 radical (unpaired) electrons. The number of carbonyl (C=O) groups excluding carboxylic acids is 2. The van der Waals surface area contributed by atoms with Crippen LogP contribution < -0.4 is 5.32 Å². The van der Waals surface area contributed by atoms with Crippen molar-refractivity contribution in [2.75, 3.05) is 13.2 Å². The molecule has 0 aromatic rings. The van der Waals surface area contributed by atoms with Gasteiger partial charge in [-0.2, -0.15) is 0 Å². The summed E-state index contributed by atoms with van der Waals surface area (Å²) in [5, 5.41) is 23.0. The lowest BCUT2D eigenvalue weighted by Gasteiger charge is -2.20. The van der Waals surface area contributed by atoms with E-state index in [-0.39, 0.29) is 18.5 Å². The first-order valence-electron chi connectivity index (χ1n) is 25.6. The maximum absolute atomic E-state index is 12.4. The van der Waals surface area contributed by atoms with Crippen LogP contribution in [0.3, 0.4) is 0 Å². The Hall–Kier alpha value is -1.66. The predicted octanol–water partition coefficient (Wildman–Crippen LogP) is 15.1. The van der Waals surface area contributed by atoms with E-state index in [1.54, 1.807) is 6.08 Å². The number of hydrogen-bond acceptors (Lipinski definition) is 5. The van der Waals surface area contributed by atoms with Gasteiger partial charge in [0.05, 0.1) is 25.4 Å². The van der Waals surface area contributed by atoms with Gasteiger partial charge < -0.3 is 20.3 Å². The first kappa shape index (κ1) is 56.3. The summed E-state index contributed by atoms with van der Waals surface area (Å²) in [6, 6.07) is -0.647. The topological polar surface area (TPSA) is 95.9 Å². The van der Waals surface area contributed by atoms with Gasteiger partial charge in [-0.3, -0.25) is 9.59 Å². The normalized spacial score (nSPS) is 12.8. The van der Waals surface area contributed by atoms with Gasteiger partial charge in [-0.1, -0.05) is 224 Å². The van der Waals surface area contributed by atoms with Gasteiger partial charge in [-0.15, -0.1) is 0 Å². The molecule has 0 aliphatic carbocycles. The molecule has 0 aliphatic rings. The molecule has 1 amide bonds. The van der Waals surface area contributed by atoms with Crippen LogP contribution >= 0.6 is 0 Å². The monoisotopic (exact) mass is 818 g/mol. The van der Waals surface area contributed by atoms with Gasteiger partial charge >= 0.3 is 5.97 Å². The number of ether oxygens (including phenoxy) is 1. The molecule has 2 unspecified atom stereocenters. The lowest BCUT2D eigenvalue weighted by atomic mass is 10.0. The molecule has 0 aromatic heterocycles. The number of hydrogen-bond donors (Lipinski definition) is 3. The van der Waals surface area contributed by atoms with Crippen LogP contribution in [0.5, 0.6) is 0 Å².